The minimum atomic E-state index is -6.68. The van der Waals surface area contributed by atoms with Crippen molar-refractivity contribution in [2.24, 2.45) is 0 Å². The van der Waals surface area contributed by atoms with E-state index in [0.29, 0.717) is 0 Å². The van der Waals surface area contributed by atoms with Crippen molar-refractivity contribution in [3.8, 4) is 0 Å². The molecule has 1 saturated carbocycles. The second kappa shape index (κ2) is 82.9. The van der Waals surface area contributed by atoms with Gasteiger partial charge in [-0.25, -0.2) is 0 Å². The van der Waals surface area contributed by atoms with E-state index in [0.717, 1.165) is 0 Å². The maximum absolute atomic E-state index is 11.1. The van der Waals surface area contributed by atoms with Crippen LogP contribution in [0.2, 0.25) is 0 Å². The maximum Gasteiger partial charge on any atom is 2.00 e. The number of hydrogen-bond acceptors (Lipinski definition) is 24. The zero-order valence-corrected chi connectivity index (χ0v) is 92.3. The van der Waals surface area contributed by atoms with Crippen LogP contribution in [0.5, 0.6) is 0 Å². The molecule has 0 aromatic rings. The molecule has 0 aromatic heterocycles. The van der Waals surface area contributed by atoms with Gasteiger partial charge in [-0.05, 0) is 0 Å². The summed E-state index contributed by atoms with van der Waals surface area (Å²) in [7, 11) is -40.1. The van der Waals surface area contributed by atoms with Gasteiger partial charge in [0.15, 0.2) is 0 Å². The zero-order chi connectivity index (χ0) is 28.7. The topological polar surface area (TPSA) is 435 Å². The fourth-order valence-electron chi connectivity index (χ4n) is 2.74. The summed E-state index contributed by atoms with van der Waals surface area (Å²) >= 11 is 0. The van der Waals surface area contributed by atoms with Crippen LogP contribution >= 0.6 is 46.9 Å². The standard InChI is InChI=1S/C6H18O24P6.12Ca.12Na.24H/c7-31(8,9)25-1-2(26-32(10,11)12)4(28-34(16,17)18)6(30-36(22,23)24)5(29-35(19,20)21)3(1)27-33(13,14)15;;;;;;;;;;;;;;;;;;;;;;;;;;;;;;;;;;;;;;;;;;;;;;;;/h1-6H,(H2,7,8,9)(H2,10,11,12)(H2,13,14,15)(H2,16,17,18)(H2,19,20,21)(H2,22,23,24);;;;;;;;;;;;;;;;;;;;;;;;;;;;;;;;;;;;;;;;;;;;;;;;/q;12*+2;12*+1;24*-1/p-12. The van der Waals surface area contributed by atoms with E-state index in [1.165, 1.54) is 0 Å². The Labute approximate surface area is 1010 Å². The van der Waals surface area contributed by atoms with Crippen LogP contribution in [0.25, 0.3) is 0 Å². The molecule has 1 aliphatic rings. The Bertz CT molecular complexity index is 973. The summed E-state index contributed by atoms with van der Waals surface area (Å²) in [5, 5.41) is 0. The van der Waals surface area contributed by atoms with Crippen LogP contribution in [-0.4, -0.2) is 489 Å². The molecule has 1 rings (SSSR count). The van der Waals surface area contributed by atoms with Crippen LogP contribution in [0.3, 0.4) is 0 Å². The van der Waals surface area contributed by atoms with Gasteiger partial charge in [0.1, 0.15) is 36.6 Å². The first-order valence-corrected chi connectivity index (χ1v) is 16.6. The van der Waals surface area contributed by atoms with Crippen molar-refractivity contribution in [2.45, 2.75) is 36.6 Å². The maximum atomic E-state index is 11.1. The Morgan fingerprint density at radius 1 is 0.217 bits per heavy atom. The molecule has 0 radical (unpaired) electrons. The van der Waals surface area contributed by atoms with E-state index >= 15 is 0 Å². The Morgan fingerprint density at radius 3 is 0.300 bits per heavy atom. The third-order valence-corrected chi connectivity index (χ3v) is 6.46. The van der Waals surface area contributed by atoms with Gasteiger partial charge in [-0.15, -0.1) is 0 Å². The summed E-state index contributed by atoms with van der Waals surface area (Å²) in [6.45, 7) is 0. The summed E-state index contributed by atoms with van der Waals surface area (Å²) in [6.07, 6.45) is -21.5. The Kier molecular flexibility index (Phi) is 224. The molecule has 0 saturated heterocycles. The predicted octanol–water partition coefficient (Wildman–Crippen LogP) is -48.5. The van der Waals surface area contributed by atoms with Crippen molar-refractivity contribution in [1.29, 1.82) is 0 Å². The molecule has 0 heterocycles. The van der Waals surface area contributed by atoms with Gasteiger partial charge in [-0.2, -0.15) is 0 Å². The predicted molar refractivity (Wildman–Crippen MR) is 171 cm³/mol. The second-order valence-electron chi connectivity index (χ2n) is 6.10. The van der Waals surface area contributed by atoms with Crippen molar-refractivity contribution < 1.29 is 502 Å². The van der Waals surface area contributed by atoms with E-state index in [2.05, 4.69) is 27.1 Å². The average molecular weight is 1430 g/mol. The summed E-state index contributed by atoms with van der Waals surface area (Å²) < 4.78 is 88.3. The Morgan fingerprint density at radius 2 is 0.267 bits per heavy atom. The molecule has 1 fully saturated rings. The van der Waals surface area contributed by atoms with Gasteiger partial charge in [0.2, 0.25) is 0 Å². The molecular weight excluding hydrogens is 1400 g/mol. The molecule has 264 valence electrons. The minimum absolute atomic E-state index is 0. The summed E-state index contributed by atoms with van der Waals surface area (Å²) in [6, 6.07) is 0. The number of phosphoric acid groups is 6. The zero-order valence-electron chi connectivity index (χ0n) is 60.4. The largest absolute Gasteiger partial charge is 2.00 e. The minimum Gasteiger partial charge on any atom is -1.00 e. The van der Waals surface area contributed by atoms with E-state index in [1.54, 1.807) is 0 Å². The van der Waals surface area contributed by atoms with E-state index in [4.69, 9.17) is 0 Å². The smallest absolute Gasteiger partial charge is 1.00 e. The van der Waals surface area contributed by atoms with Gasteiger partial charge in [0.25, 0.3) is 0 Å². The molecule has 0 aromatic carbocycles. The number of rotatable bonds is 12. The monoisotopic (exact) mass is 1430 g/mol. The van der Waals surface area contributed by atoms with E-state index in [9.17, 15) is 86.1 Å². The van der Waals surface area contributed by atoms with Crippen LogP contribution in [0.15, 0.2) is 0 Å². The van der Waals surface area contributed by atoms with Crippen LogP contribution < -0.4 is 413 Å². The molecule has 0 N–H and O–H groups in total. The third kappa shape index (κ3) is 92.2. The van der Waals surface area contributed by atoms with Crippen molar-refractivity contribution in [1.82, 2.24) is 0 Å². The van der Waals surface area contributed by atoms with Crippen LogP contribution in [-0.2, 0) is 54.5 Å². The van der Waals surface area contributed by atoms with Gasteiger partial charge < -0.3 is 147 Å². The molecule has 60 heavy (non-hydrogen) atoms. The van der Waals surface area contributed by atoms with Gasteiger partial charge in [0.05, 0.1) is 46.9 Å². The van der Waals surface area contributed by atoms with Crippen molar-refractivity contribution in [3.63, 3.8) is 0 Å². The van der Waals surface area contributed by atoms with Gasteiger partial charge in [0, 0.05) is 0 Å². The molecule has 1 aliphatic carbocycles. The second-order valence-corrected chi connectivity index (χ2v) is 12.7. The molecule has 24 nitrogen and oxygen atoms in total. The first kappa shape index (κ1) is 163. The van der Waals surface area contributed by atoms with Crippen molar-refractivity contribution >= 4 is 500 Å². The van der Waals surface area contributed by atoms with E-state index in [-0.39, 0.29) is 842 Å². The molecule has 0 spiro atoms. The molecule has 0 unspecified atom stereocenters. The molecular formula is C6H30Ca12Na12O24P6. The Hall–Kier alpha value is 27.8. The average Bonchev–Trinajstić information content (AvgIpc) is 2.51. The first-order chi connectivity index (χ1) is 15.6. The van der Waals surface area contributed by atoms with Gasteiger partial charge in [-0.3, -0.25) is 0 Å². The summed E-state index contributed by atoms with van der Waals surface area (Å²) in [5.41, 5.74) is 0. The number of hydrogen-bond donors (Lipinski definition) is 0. The SMILES string of the molecule is O=P([O-])([O-])OC1C(OP(=O)([O-])[O-])C(OP(=O)([O-])[O-])C(OP(=O)([O-])[O-])C(OP(=O)([O-])[O-])C1OP(=O)([O-])[O-].[Ca+2].[Ca+2].[Ca+2].[Ca+2].[Ca+2].[Ca+2].[Ca+2].[Ca+2].[Ca+2].[Ca+2].[Ca+2].[Ca+2].[H-].[H-].[H-].[H-].[H-].[H-].[H-].[H-].[H-].[H-].[H-].[H-].[H-].[H-].[H-].[H-].[H-].[H-].[H-].[H-].[H-].[H-].[H-].[H-].[Na+].[Na+].[Na+].[Na+].[Na+].[Na+].[Na+].[Na+].[Na+].[Na+].[Na+].[Na+]. The normalized spacial score (nSPS) is 17.6. The molecule has 0 bridgehead atoms. The van der Waals surface area contributed by atoms with Crippen molar-refractivity contribution in [3.05, 3.63) is 0 Å². The summed E-state index contributed by atoms with van der Waals surface area (Å²) in [5.74, 6) is 0. The fraction of sp³-hybridized carbons (Fsp3) is 1.00. The van der Waals surface area contributed by atoms with Crippen molar-refractivity contribution in [2.75, 3.05) is 0 Å². The molecule has 0 aliphatic heterocycles. The van der Waals surface area contributed by atoms with Crippen LogP contribution in [0, 0.1) is 0 Å². The van der Waals surface area contributed by atoms with Gasteiger partial charge >= 0.3 is 808 Å². The van der Waals surface area contributed by atoms with Crippen LogP contribution in [0.4, 0.5) is 0 Å². The molecule has 54 heteroatoms. The van der Waals surface area contributed by atoms with E-state index in [1.807, 2.05) is 0 Å². The van der Waals surface area contributed by atoms with Gasteiger partial charge in [-0.1, -0.05) is 0 Å². The quantitative estimate of drug-likeness (QED) is 0.129. The van der Waals surface area contributed by atoms with Crippen LogP contribution in [0.1, 0.15) is 34.2 Å². The summed E-state index contributed by atoms with van der Waals surface area (Å²) in [4.78, 5) is 133. The first-order valence-electron chi connectivity index (χ1n) is 7.80. The van der Waals surface area contributed by atoms with E-state index < -0.39 is 83.6 Å². The molecule has 0 amide bonds. The fourth-order valence-corrected chi connectivity index (χ4v) is 5.96. The third-order valence-electron chi connectivity index (χ3n) is 3.45. The Balaban J connectivity index is -0.00000000587. The molecule has 0 atom stereocenters. The number of phosphoric ester groups is 6.